The predicted molar refractivity (Wildman–Crippen MR) is 104 cm³/mol. The van der Waals surface area contributed by atoms with Crippen molar-refractivity contribution in [3.63, 3.8) is 0 Å². The number of aromatic nitrogens is 1. The number of thiophene rings is 1. The summed E-state index contributed by atoms with van der Waals surface area (Å²) in [6.07, 6.45) is 1.45. The summed E-state index contributed by atoms with van der Waals surface area (Å²) >= 11 is 1.39. The van der Waals surface area contributed by atoms with E-state index >= 15 is 0 Å². The average Bonchev–Trinajstić information content (AvgIpc) is 3.42. The van der Waals surface area contributed by atoms with Crippen LogP contribution in [0.15, 0.2) is 52.4 Å². The minimum absolute atomic E-state index is 0.0967. The molecule has 1 aliphatic heterocycles. The van der Waals surface area contributed by atoms with Crippen LogP contribution in [0.5, 0.6) is 0 Å². The molecule has 0 saturated carbocycles. The highest BCUT2D eigenvalue weighted by Crippen LogP contribution is 2.25. The lowest BCUT2D eigenvalue weighted by atomic mass is 10.1. The molecule has 0 radical (unpaired) electrons. The van der Waals surface area contributed by atoms with Gasteiger partial charge in [0.25, 0.3) is 5.91 Å². The Hall–Kier alpha value is -2.93. The molecule has 1 N–H and O–H groups in total. The monoisotopic (exact) mass is 381 g/mol. The molecule has 1 aliphatic rings. The fourth-order valence-corrected chi connectivity index (χ4v) is 3.90. The highest BCUT2D eigenvalue weighted by Gasteiger charge is 2.35. The van der Waals surface area contributed by atoms with E-state index in [0.29, 0.717) is 23.5 Å². The van der Waals surface area contributed by atoms with Gasteiger partial charge in [-0.1, -0.05) is 41.1 Å². The van der Waals surface area contributed by atoms with Gasteiger partial charge in [-0.3, -0.25) is 14.9 Å². The Morgan fingerprint density at radius 3 is 2.81 bits per heavy atom. The number of nitrogens with one attached hydrogen (secondary N) is 1. The molecule has 6 nitrogen and oxygen atoms in total. The van der Waals surface area contributed by atoms with Crippen LogP contribution in [0.1, 0.15) is 28.1 Å². The van der Waals surface area contributed by atoms with Crippen molar-refractivity contribution < 1.29 is 14.1 Å². The minimum Gasteiger partial charge on any atom is -0.338 e. The first-order chi connectivity index (χ1) is 13.1. The van der Waals surface area contributed by atoms with Gasteiger partial charge in [-0.05, 0) is 31.2 Å². The maximum Gasteiger partial charge on any atom is 0.264 e. The number of benzene rings is 1. The fraction of sp³-hybridized carbons (Fsp3) is 0.250. The van der Waals surface area contributed by atoms with Gasteiger partial charge in [-0.2, -0.15) is 0 Å². The van der Waals surface area contributed by atoms with Gasteiger partial charge in [-0.25, -0.2) is 0 Å². The van der Waals surface area contributed by atoms with E-state index in [1.54, 1.807) is 17.0 Å². The standard InChI is InChI=1S/C20H19N3O3S/c1-13-6-8-14(9-7-13)15-12-18(26-22-15)21-19(24)16-4-2-10-23(16)20(25)17-5-3-11-27-17/h3,5-9,11-12,16H,2,4,10H2,1H3,(H,21,24). The van der Waals surface area contributed by atoms with Crippen molar-refractivity contribution in [1.29, 1.82) is 0 Å². The number of anilines is 1. The number of rotatable bonds is 4. The SMILES string of the molecule is Cc1ccc(-c2cc(NC(=O)C3CCCN3C(=O)c3cccs3)on2)cc1. The third kappa shape index (κ3) is 3.64. The molecule has 3 aromatic rings. The van der Waals surface area contributed by atoms with Gasteiger partial charge < -0.3 is 9.42 Å². The first-order valence-electron chi connectivity index (χ1n) is 8.81. The van der Waals surface area contributed by atoms with Crippen molar-refractivity contribution >= 4 is 29.0 Å². The molecular formula is C20H19N3O3S. The number of likely N-dealkylation sites (tertiary alicyclic amines) is 1. The molecule has 138 valence electrons. The molecule has 1 saturated heterocycles. The number of hydrogen-bond donors (Lipinski definition) is 1. The van der Waals surface area contributed by atoms with E-state index in [-0.39, 0.29) is 17.7 Å². The summed E-state index contributed by atoms with van der Waals surface area (Å²) in [5.74, 6) is -0.0597. The third-order valence-electron chi connectivity index (χ3n) is 4.65. The Morgan fingerprint density at radius 2 is 2.07 bits per heavy atom. The topological polar surface area (TPSA) is 75.4 Å². The van der Waals surface area contributed by atoms with Crippen LogP contribution in [-0.4, -0.2) is 34.5 Å². The molecule has 2 aromatic heterocycles. The molecule has 1 aromatic carbocycles. The molecule has 3 heterocycles. The summed E-state index contributed by atoms with van der Waals surface area (Å²) in [7, 11) is 0. The number of nitrogens with zero attached hydrogens (tertiary/aromatic N) is 2. The van der Waals surface area contributed by atoms with Crippen LogP contribution < -0.4 is 5.32 Å². The summed E-state index contributed by atoms with van der Waals surface area (Å²) < 4.78 is 5.26. The summed E-state index contributed by atoms with van der Waals surface area (Å²) in [4.78, 5) is 27.6. The van der Waals surface area contributed by atoms with Gasteiger partial charge in [-0.15, -0.1) is 11.3 Å². The number of carbonyl (C=O) groups is 2. The largest absolute Gasteiger partial charge is 0.338 e. The summed E-state index contributed by atoms with van der Waals surface area (Å²) in [6, 6.07) is 12.7. The van der Waals surface area contributed by atoms with Gasteiger partial charge >= 0.3 is 0 Å². The van der Waals surface area contributed by atoms with Crippen LogP contribution in [0.2, 0.25) is 0 Å². The maximum atomic E-state index is 12.7. The highest BCUT2D eigenvalue weighted by atomic mass is 32.1. The summed E-state index contributed by atoms with van der Waals surface area (Å²) in [5.41, 5.74) is 2.73. The van der Waals surface area contributed by atoms with E-state index in [9.17, 15) is 9.59 Å². The van der Waals surface area contributed by atoms with E-state index in [4.69, 9.17) is 4.52 Å². The number of carbonyl (C=O) groups excluding carboxylic acids is 2. The Balaban J connectivity index is 1.46. The maximum absolute atomic E-state index is 12.7. The van der Waals surface area contributed by atoms with Crippen molar-refractivity contribution in [2.24, 2.45) is 0 Å². The Kier molecular flexibility index (Phi) is 4.77. The van der Waals surface area contributed by atoms with Gasteiger partial charge in [0.05, 0.1) is 4.88 Å². The zero-order chi connectivity index (χ0) is 18.8. The average molecular weight is 381 g/mol. The van der Waals surface area contributed by atoms with Gasteiger partial charge in [0.1, 0.15) is 11.7 Å². The van der Waals surface area contributed by atoms with E-state index in [1.165, 1.54) is 11.3 Å². The summed E-state index contributed by atoms with van der Waals surface area (Å²) in [5, 5.41) is 8.64. The fourth-order valence-electron chi connectivity index (χ4n) is 3.22. The van der Waals surface area contributed by atoms with Crippen LogP contribution in [0.3, 0.4) is 0 Å². The molecular weight excluding hydrogens is 362 g/mol. The van der Waals surface area contributed by atoms with Crippen LogP contribution in [-0.2, 0) is 4.79 Å². The van der Waals surface area contributed by atoms with Crippen LogP contribution >= 0.6 is 11.3 Å². The minimum atomic E-state index is -0.493. The molecule has 4 rings (SSSR count). The normalized spacial score (nSPS) is 16.5. The molecule has 1 fully saturated rings. The Bertz CT molecular complexity index is 947. The lowest BCUT2D eigenvalue weighted by molar-refractivity contribution is -0.119. The molecule has 7 heteroatoms. The van der Waals surface area contributed by atoms with Gasteiger partial charge in [0, 0.05) is 18.2 Å². The second-order valence-corrected chi connectivity index (χ2v) is 7.51. The Morgan fingerprint density at radius 1 is 1.26 bits per heavy atom. The van der Waals surface area contributed by atoms with Crippen LogP contribution in [0.25, 0.3) is 11.3 Å². The molecule has 1 atom stereocenters. The van der Waals surface area contributed by atoms with Gasteiger partial charge in [0.2, 0.25) is 11.8 Å². The van der Waals surface area contributed by atoms with Crippen molar-refractivity contribution in [3.8, 4) is 11.3 Å². The van der Waals surface area contributed by atoms with E-state index in [0.717, 1.165) is 17.5 Å². The third-order valence-corrected chi connectivity index (χ3v) is 5.51. The smallest absolute Gasteiger partial charge is 0.264 e. The number of hydrogen-bond acceptors (Lipinski definition) is 5. The first-order valence-corrected chi connectivity index (χ1v) is 9.69. The quantitative estimate of drug-likeness (QED) is 0.742. The zero-order valence-corrected chi connectivity index (χ0v) is 15.7. The molecule has 0 spiro atoms. The van der Waals surface area contributed by atoms with E-state index in [2.05, 4.69) is 10.5 Å². The lowest BCUT2D eigenvalue weighted by Gasteiger charge is -2.22. The number of aryl methyl sites for hydroxylation is 1. The highest BCUT2D eigenvalue weighted by molar-refractivity contribution is 7.12. The summed E-state index contributed by atoms with van der Waals surface area (Å²) in [6.45, 7) is 2.60. The van der Waals surface area contributed by atoms with Crippen molar-refractivity contribution in [2.75, 3.05) is 11.9 Å². The van der Waals surface area contributed by atoms with Crippen molar-refractivity contribution in [3.05, 3.63) is 58.3 Å². The lowest BCUT2D eigenvalue weighted by Crippen LogP contribution is -2.42. The molecule has 0 aliphatic carbocycles. The molecule has 0 bridgehead atoms. The predicted octanol–water partition coefficient (Wildman–Crippen LogP) is 3.95. The first kappa shape index (κ1) is 17.5. The Labute approximate surface area is 160 Å². The second kappa shape index (κ2) is 7.36. The van der Waals surface area contributed by atoms with E-state index < -0.39 is 6.04 Å². The van der Waals surface area contributed by atoms with Gasteiger partial charge in [0.15, 0.2) is 0 Å². The second-order valence-electron chi connectivity index (χ2n) is 6.57. The zero-order valence-electron chi connectivity index (χ0n) is 14.8. The molecule has 2 amide bonds. The molecule has 27 heavy (non-hydrogen) atoms. The number of amides is 2. The van der Waals surface area contributed by atoms with Crippen LogP contribution in [0.4, 0.5) is 5.88 Å². The molecule has 1 unspecified atom stereocenters. The van der Waals surface area contributed by atoms with Crippen molar-refractivity contribution in [1.82, 2.24) is 10.1 Å². The van der Waals surface area contributed by atoms with E-state index in [1.807, 2.05) is 42.6 Å². The van der Waals surface area contributed by atoms with Crippen LogP contribution in [0, 0.1) is 6.92 Å². The van der Waals surface area contributed by atoms with Crippen molar-refractivity contribution in [2.45, 2.75) is 25.8 Å².